The van der Waals surface area contributed by atoms with Gasteiger partial charge in [-0.05, 0) is 30.9 Å². The van der Waals surface area contributed by atoms with E-state index < -0.39 is 9.05 Å². The van der Waals surface area contributed by atoms with E-state index in [0.717, 1.165) is 24.2 Å². The summed E-state index contributed by atoms with van der Waals surface area (Å²) in [5.41, 5.74) is 0. The van der Waals surface area contributed by atoms with Crippen LogP contribution < -0.4 is 0 Å². The second-order valence-electron chi connectivity index (χ2n) is 4.57. The molecule has 0 amide bonds. The van der Waals surface area contributed by atoms with Crippen molar-refractivity contribution in [1.82, 2.24) is 0 Å². The zero-order chi connectivity index (χ0) is 14.6. The number of halogens is 1. The van der Waals surface area contributed by atoms with E-state index in [-0.39, 0.29) is 16.6 Å². The van der Waals surface area contributed by atoms with Crippen molar-refractivity contribution in [2.45, 2.75) is 23.5 Å². The van der Waals surface area contributed by atoms with Crippen LogP contribution in [0.15, 0.2) is 16.3 Å². The van der Waals surface area contributed by atoms with Crippen molar-refractivity contribution >= 4 is 37.0 Å². The van der Waals surface area contributed by atoms with Crippen LogP contribution in [0.1, 0.15) is 17.7 Å². The van der Waals surface area contributed by atoms with Crippen molar-refractivity contribution in [2.75, 3.05) is 19.8 Å². The lowest BCUT2D eigenvalue weighted by Gasteiger charge is -2.21. The molecule has 0 N–H and O–H groups in total. The third kappa shape index (κ3) is 4.73. The summed E-state index contributed by atoms with van der Waals surface area (Å²) in [5, 5.41) is 0. The predicted octanol–water partition coefficient (Wildman–Crippen LogP) is 2.19. The summed E-state index contributed by atoms with van der Waals surface area (Å²) >= 11 is 0.989. The van der Waals surface area contributed by atoms with E-state index in [1.807, 2.05) is 0 Å². The first-order valence-electron chi connectivity index (χ1n) is 6.22. The van der Waals surface area contributed by atoms with Gasteiger partial charge in [0, 0.05) is 28.8 Å². The Morgan fingerprint density at radius 3 is 2.70 bits per heavy atom. The summed E-state index contributed by atoms with van der Waals surface area (Å²) in [7, 11) is 1.50. The summed E-state index contributed by atoms with van der Waals surface area (Å²) < 4.78 is 32.7. The van der Waals surface area contributed by atoms with Crippen molar-refractivity contribution in [1.29, 1.82) is 0 Å². The molecule has 1 aromatic heterocycles. The molecule has 0 spiro atoms. The molecule has 0 radical (unpaired) electrons. The van der Waals surface area contributed by atoms with Crippen LogP contribution in [0.4, 0.5) is 0 Å². The molecule has 1 saturated heterocycles. The van der Waals surface area contributed by atoms with Gasteiger partial charge in [0.15, 0.2) is 0 Å². The summed E-state index contributed by atoms with van der Waals surface area (Å²) in [6, 6.07) is 2.98. The Morgan fingerprint density at radius 2 is 2.10 bits per heavy atom. The fraction of sp³-hybridized carbons (Fsp3) is 0.583. The minimum Gasteiger partial charge on any atom is -0.465 e. The van der Waals surface area contributed by atoms with E-state index in [4.69, 9.17) is 20.2 Å². The zero-order valence-electron chi connectivity index (χ0n) is 10.7. The second kappa shape index (κ2) is 6.89. The van der Waals surface area contributed by atoms with Crippen molar-refractivity contribution in [3.05, 3.63) is 17.0 Å². The molecule has 0 saturated carbocycles. The van der Waals surface area contributed by atoms with E-state index >= 15 is 0 Å². The standard InChI is InChI=1S/C12H15ClO5S2/c13-20(15,16)12-2-1-10(19-12)7-11(14)18-8-9-3-5-17-6-4-9/h1-2,9H,3-8H2. The maximum atomic E-state index is 11.7. The van der Waals surface area contributed by atoms with Crippen molar-refractivity contribution in [3.8, 4) is 0 Å². The van der Waals surface area contributed by atoms with Crippen molar-refractivity contribution in [3.63, 3.8) is 0 Å². The quantitative estimate of drug-likeness (QED) is 0.608. The molecule has 1 fully saturated rings. The lowest BCUT2D eigenvalue weighted by Crippen LogP contribution is -2.22. The zero-order valence-corrected chi connectivity index (χ0v) is 13.1. The van der Waals surface area contributed by atoms with Crippen LogP contribution in [-0.4, -0.2) is 34.2 Å². The average molecular weight is 339 g/mol. The number of carbonyl (C=O) groups is 1. The van der Waals surface area contributed by atoms with Gasteiger partial charge >= 0.3 is 5.97 Å². The largest absolute Gasteiger partial charge is 0.465 e. The molecule has 8 heteroatoms. The van der Waals surface area contributed by atoms with Gasteiger partial charge in [-0.2, -0.15) is 0 Å². The molecule has 0 aromatic carbocycles. The molecule has 1 aliphatic heterocycles. The molecule has 0 bridgehead atoms. The molecule has 2 rings (SSSR count). The molecule has 0 atom stereocenters. The Kier molecular flexibility index (Phi) is 5.42. The number of ether oxygens (including phenoxy) is 2. The maximum absolute atomic E-state index is 11.7. The molecule has 2 heterocycles. The third-order valence-corrected chi connectivity index (χ3v) is 6.19. The molecular formula is C12H15ClO5S2. The van der Waals surface area contributed by atoms with Crippen LogP contribution in [-0.2, 0) is 29.7 Å². The topological polar surface area (TPSA) is 69.7 Å². The average Bonchev–Trinajstić information content (AvgIpc) is 2.86. The molecule has 112 valence electrons. The van der Waals surface area contributed by atoms with Gasteiger partial charge in [0.25, 0.3) is 9.05 Å². The van der Waals surface area contributed by atoms with Crippen LogP contribution in [0.3, 0.4) is 0 Å². The number of thiophene rings is 1. The predicted molar refractivity (Wildman–Crippen MR) is 75.6 cm³/mol. The Labute approximate surface area is 126 Å². The molecule has 0 aliphatic carbocycles. The molecule has 5 nitrogen and oxygen atoms in total. The molecule has 1 aromatic rings. The first kappa shape index (κ1) is 15.8. The molecular weight excluding hydrogens is 324 g/mol. The Balaban J connectivity index is 1.80. The number of carbonyl (C=O) groups excluding carboxylic acids is 1. The van der Waals surface area contributed by atoms with E-state index in [2.05, 4.69) is 0 Å². The van der Waals surface area contributed by atoms with Crippen molar-refractivity contribution < 1.29 is 22.7 Å². The highest BCUT2D eigenvalue weighted by Crippen LogP contribution is 2.25. The number of hydrogen-bond acceptors (Lipinski definition) is 6. The van der Waals surface area contributed by atoms with Crippen LogP contribution in [0.2, 0.25) is 0 Å². The van der Waals surface area contributed by atoms with Gasteiger partial charge in [0.05, 0.1) is 13.0 Å². The van der Waals surface area contributed by atoms with E-state index in [1.165, 1.54) is 6.07 Å². The Morgan fingerprint density at radius 1 is 1.40 bits per heavy atom. The highest BCUT2D eigenvalue weighted by atomic mass is 35.7. The smallest absolute Gasteiger partial charge is 0.311 e. The van der Waals surface area contributed by atoms with Gasteiger partial charge in [-0.3, -0.25) is 4.79 Å². The molecule has 0 unspecified atom stereocenters. The summed E-state index contributed by atoms with van der Waals surface area (Å²) in [5.74, 6) is 0.00618. The minimum absolute atomic E-state index is 0.0476. The summed E-state index contributed by atoms with van der Waals surface area (Å²) in [4.78, 5) is 12.3. The SMILES string of the molecule is O=C(Cc1ccc(S(=O)(=O)Cl)s1)OCC1CCOCC1. The van der Waals surface area contributed by atoms with Gasteiger partial charge in [-0.1, -0.05) is 0 Å². The normalized spacial score (nSPS) is 17.1. The first-order chi connectivity index (χ1) is 9.45. The van der Waals surface area contributed by atoms with E-state index in [9.17, 15) is 13.2 Å². The van der Waals surface area contributed by atoms with Gasteiger partial charge in [0.2, 0.25) is 0 Å². The fourth-order valence-electron chi connectivity index (χ4n) is 1.90. The minimum atomic E-state index is -3.72. The van der Waals surface area contributed by atoms with Crippen LogP contribution in [0, 0.1) is 5.92 Å². The Bertz CT molecular complexity index is 560. The van der Waals surface area contributed by atoms with Crippen LogP contribution in [0.5, 0.6) is 0 Å². The fourth-order valence-corrected chi connectivity index (χ4v) is 4.01. The maximum Gasteiger partial charge on any atom is 0.311 e. The number of rotatable bonds is 5. The van der Waals surface area contributed by atoms with Gasteiger partial charge in [-0.15, -0.1) is 11.3 Å². The number of esters is 1. The lowest BCUT2D eigenvalue weighted by molar-refractivity contribution is -0.145. The summed E-state index contributed by atoms with van der Waals surface area (Å²) in [6.45, 7) is 1.82. The second-order valence-corrected chi connectivity index (χ2v) is 8.54. The van der Waals surface area contributed by atoms with Gasteiger partial charge in [-0.25, -0.2) is 8.42 Å². The summed E-state index contributed by atoms with van der Waals surface area (Å²) in [6.07, 6.45) is 1.88. The third-order valence-electron chi connectivity index (χ3n) is 3.02. The highest BCUT2D eigenvalue weighted by molar-refractivity contribution is 8.15. The molecule has 1 aliphatic rings. The van der Waals surface area contributed by atoms with E-state index in [0.29, 0.717) is 30.6 Å². The van der Waals surface area contributed by atoms with Gasteiger partial charge < -0.3 is 9.47 Å². The lowest BCUT2D eigenvalue weighted by atomic mass is 10.0. The highest BCUT2D eigenvalue weighted by Gasteiger charge is 2.18. The first-order valence-corrected chi connectivity index (χ1v) is 9.34. The van der Waals surface area contributed by atoms with E-state index in [1.54, 1.807) is 6.07 Å². The van der Waals surface area contributed by atoms with Crippen molar-refractivity contribution in [2.24, 2.45) is 5.92 Å². The number of hydrogen-bond donors (Lipinski definition) is 0. The van der Waals surface area contributed by atoms with Gasteiger partial charge in [0.1, 0.15) is 4.21 Å². The van der Waals surface area contributed by atoms with Crippen LogP contribution in [0.25, 0.3) is 0 Å². The molecule has 20 heavy (non-hydrogen) atoms. The van der Waals surface area contributed by atoms with Crippen LogP contribution >= 0.6 is 22.0 Å². The monoisotopic (exact) mass is 338 g/mol. The Hall–Kier alpha value is -0.630.